The summed E-state index contributed by atoms with van der Waals surface area (Å²) in [6, 6.07) is 0. The number of aromatic nitrogens is 1. The van der Waals surface area contributed by atoms with Crippen molar-refractivity contribution >= 4 is 6.91 Å². The van der Waals surface area contributed by atoms with Crippen molar-refractivity contribution in [2.24, 2.45) is 0 Å². The molecule has 0 amide bonds. The monoisotopic (exact) mass is 151 g/mol. The number of hydrogen-bond acceptors (Lipinski definition) is 1. The van der Waals surface area contributed by atoms with Crippen molar-refractivity contribution in [3.63, 3.8) is 0 Å². The second kappa shape index (κ2) is 2.72. The third kappa shape index (κ3) is 1.85. The molecule has 0 atom stereocenters. The van der Waals surface area contributed by atoms with Gasteiger partial charge in [-0.1, -0.05) is 0 Å². The van der Waals surface area contributed by atoms with E-state index in [0.29, 0.717) is 5.69 Å². The fourth-order valence-corrected chi connectivity index (χ4v) is 0.938. The third-order valence-corrected chi connectivity index (χ3v) is 1.47. The van der Waals surface area contributed by atoms with E-state index in [0.717, 1.165) is 0 Å². The van der Waals surface area contributed by atoms with Crippen molar-refractivity contribution in [2.75, 3.05) is 0 Å². The quantitative estimate of drug-likeness (QED) is 0.551. The van der Waals surface area contributed by atoms with Crippen LogP contribution in [-0.4, -0.2) is 11.9 Å². The molecule has 0 saturated heterocycles. The van der Waals surface area contributed by atoms with Gasteiger partial charge in [-0.2, -0.15) is 0 Å². The van der Waals surface area contributed by atoms with Crippen LogP contribution < -0.4 is 0 Å². The van der Waals surface area contributed by atoms with E-state index < -0.39 is 0 Å². The zero-order valence-electron chi connectivity index (χ0n) is 7.06. The van der Waals surface area contributed by atoms with E-state index in [1.54, 1.807) is 13.0 Å². The molecule has 0 bridgehead atoms. The van der Waals surface area contributed by atoms with Gasteiger partial charge in [-0.15, -0.1) is 0 Å². The molecule has 3 heteroatoms. The first-order valence-electron chi connectivity index (χ1n) is 3.63. The summed E-state index contributed by atoms with van der Waals surface area (Å²) in [6.45, 7) is 7.43. The number of rotatable bonds is 0. The van der Waals surface area contributed by atoms with Crippen LogP contribution >= 0.6 is 0 Å². The van der Waals surface area contributed by atoms with Crippen LogP contribution in [0.25, 0.3) is 0 Å². The van der Waals surface area contributed by atoms with Gasteiger partial charge < -0.3 is 0 Å². The van der Waals surface area contributed by atoms with Crippen molar-refractivity contribution in [2.45, 2.75) is 26.2 Å². The molecule has 1 heterocycles. The molecule has 0 aromatic carbocycles. The zero-order valence-corrected chi connectivity index (χ0v) is 7.06. The Labute approximate surface area is 66.9 Å². The molecule has 0 aliphatic heterocycles. The van der Waals surface area contributed by atoms with E-state index >= 15 is 0 Å². The van der Waals surface area contributed by atoms with Crippen molar-refractivity contribution in [3.05, 3.63) is 23.6 Å². The minimum absolute atomic E-state index is 0.203. The SMILES string of the molecule is CC(C)(C)c1ncbcc1F. The Kier molecular flexibility index (Phi) is 2.07. The van der Waals surface area contributed by atoms with Crippen molar-refractivity contribution in [1.82, 2.24) is 4.98 Å². The van der Waals surface area contributed by atoms with E-state index in [9.17, 15) is 4.39 Å². The Bertz CT molecular complexity index is 255. The second-order valence-electron chi connectivity index (χ2n) is 3.58. The summed E-state index contributed by atoms with van der Waals surface area (Å²) in [6.07, 6.45) is 1.61. The molecule has 1 rings (SSSR count). The molecule has 58 valence electrons. The molecule has 0 N–H and O–H groups in total. The van der Waals surface area contributed by atoms with Gasteiger partial charge in [0, 0.05) is 0 Å². The molecule has 1 nitrogen and oxygen atoms in total. The van der Waals surface area contributed by atoms with Gasteiger partial charge in [-0.05, 0) is 0 Å². The topological polar surface area (TPSA) is 12.9 Å². The van der Waals surface area contributed by atoms with Gasteiger partial charge in [-0.25, -0.2) is 0 Å². The molecule has 0 unspecified atom stereocenters. The zero-order chi connectivity index (χ0) is 8.48. The molecule has 11 heavy (non-hydrogen) atoms. The van der Waals surface area contributed by atoms with E-state index in [4.69, 9.17) is 0 Å². The summed E-state index contributed by atoms with van der Waals surface area (Å²) in [5.41, 5.74) is 0.325. The third-order valence-electron chi connectivity index (χ3n) is 1.47. The molecular weight excluding hydrogens is 140 g/mol. The van der Waals surface area contributed by atoms with E-state index in [-0.39, 0.29) is 11.2 Å². The predicted molar refractivity (Wildman–Crippen MR) is 44.2 cm³/mol. The summed E-state index contributed by atoms with van der Waals surface area (Å²) in [4.78, 5) is 3.97. The van der Waals surface area contributed by atoms with Crippen LogP contribution in [0.4, 0.5) is 4.39 Å². The van der Waals surface area contributed by atoms with E-state index in [2.05, 4.69) is 4.98 Å². The van der Waals surface area contributed by atoms with Gasteiger partial charge in [0.15, 0.2) is 0 Å². The number of hydrogen-bond donors (Lipinski definition) is 0. The van der Waals surface area contributed by atoms with Gasteiger partial charge in [0.25, 0.3) is 0 Å². The fraction of sp³-hybridized carbons (Fsp3) is 0.500. The summed E-state index contributed by atoms with van der Waals surface area (Å²) < 4.78 is 13.0. The normalized spacial score (nSPS) is 11.3. The van der Waals surface area contributed by atoms with E-state index in [1.807, 2.05) is 20.8 Å². The average molecular weight is 151 g/mol. The Balaban J connectivity index is 3.14. The van der Waals surface area contributed by atoms with Crippen LogP contribution in [0.5, 0.6) is 0 Å². The Morgan fingerprint density at radius 3 is 2.45 bits per heavy atom. The second-order valence-corrected chi connectivity index (χ2v) is 3.58. The molecule has 1 aromatic rings. The standard InChI is InChI=1S/C8H11BFN/c1-8(2,3)7-6(10)4-9-5-11-7/h4-5H,1-3H3. The molecule has 0 radical (unpaired) electrons. The molecule has 1 aromatic heterocycles. The first kappa shape index (κ1) is 8.37. The molecule has 0 spiro atoms. The van der Waals surface area contributed by atoms with Crippen LogP contribution in [0, 0.1) is 5.82 Å². The first-order valence-corrected chi connectivity index (χ1v) is 3.63. The minimum atomic E-state index is -0.222. The van der Waals surface area contributed by atoms with Gasteiger partial charge in [-0.3, -0.25) is 0 Å². The van der Waals surface area contributed by atoms with Crippen molar-refractivity contribution < 1.29 is 4.39 Å². The van der Waals surface area contributed by atoms with Crippen molar-refractivity contribution in [3.8, 4) is 0 Å². The van der Waals surface area contributed by atoms with Gasteiger partial charge in [0.2, 0.25) is 0 Å². The van der Waals surface area contributed by atoms with E-state index in [1.165, 1.54) is 5.96 Å². The van der Waals surface area contributed by atoms with Crippen LogP contribution in [0.1, 0.15) is 26.5 Å². The molecular formula is C8H11BFN. The molecule has 0 saturated carbocycles. The maximum atomic E-state index is 13.0. The van der Waals surface area contributed by atoms with Gasteiger partial charge >= 0.3 is 66.0 Å². The maximum absolute atomic E-state index is 13.0. The average Bonchev–Trinajstić information content (AvgIpc) is 1.86. The summed E-state index contributed by atoms with van der Waals surface area (Å²) in [5.74, 6) is 1.22. The Morgan fingerprint density at radius 2 is 2.09 bits per heavy atom. The fourth-order valence-electron chi connectivity index (χ4n) is 0.938. The molecule has 0 aliphatic rings. The van der Waals surface area contributed by atoms with Crippen LogP contribution in [-0.2, 0) is 5.41 Å². The Hall–Kier alpha value is -0.725. The van der Waals surface area contributed by atoms with Gasteiger partial charge in [0.1, 0.15) is 0 Å². The molecule has 0 aliphatic carbocycles. The molecule has 0 fully saturated rings. The van der Waals surface area contributed by atoms with Crippen LogP contribution in [0.15, 0.2) is 12.1 Å². The number of halogens is 1. The van der Waals surface area contributed by atoms with Crippen molar-refractivity contribution in [1.29, 1.82) is 0 Å². The van der Waals surface area contributed by atoms with Gasteiger partial charge in [0.05, 0.1) is 0 Å². The van der Waals surface area contributed by atoms with Crippen LogP contribution in [0.2, 0.25) is 0 Å². The predicted octanol–water partition coefficient (Wildman–Crippen LogP) is 1.86. The first-order chi connectivity index (χ1) is 5.02. The summed E-state index contributed by atoms with van der Waals surface area (Å²) in [7, 11) is 0. The summed E-state index contributed by atoms with van der Waals surface area (Å²) >= 11 is 0. The Morgan fingerprint density at radius 1 is 1.45 bits per heavy atom. The van der Waals surface area contributed by atoms with Crippen LogP contribution in [0.3, 0.4) is 0 Å². The summed E-state index contributed by atoms with van der Waals surface area (Å²) in [5, 5.41) is 0. The number of nitrogens with zero attached hydrogens (tertiary/aromatic N) is 1.